The van der Waals surface area contributed by atoms with E-state index in [-0.39, 0.29) is 11.6 Å². The first-order valence-electron chi connectivity index (χ1n) is 7.70. The number of alkyl halides is 3. The maximum atomic E-state index is 13.2. The van der Waals surface area contributed by atoms with Gasteiger partial charge in [-0.2, -0.15) is 13.2 Å². The monoisotopic (exact) mass is 355 g/mol. The van der Waals surface area contributed by atoms with Crippen LogP contribution in [0.3, 0.4) is 0 Å². The molecule has 0 saturated carbocycles. The molecule has 130 valence electrons. The van der Waals surface area contributed by atoms with Crippen LogP contribution in [0.4, 0.5) is 24.7 Å². The van der Waals surface area contributed by atoms with E-state index in [0.29, 0.717) is 11.3 Å². The Kier molecular flexibility index (Phi) is 3.80. The van der Waals surface area contributed by atoms with Gasteiger partial charge in [0.1, 0.15) is 5.82 Å². The molecule has 5 nitrogen and oxygen atoms in total. The maximum Gasteiger partial charge on any atom is 0.433 e. The van der Waals surface area contributed by atoms with Crippen LogP contribution in [0.25, 0.3) is 22.3 Å². The number of nitrogens with zero attached hydrogens (tertiary/aromatic N) is 3. The summed E-state index contributed by atoms with van der Waals surface area (Å²) in [7, 11) is 0. The van der Waals surface area contributed by atoms with Crippen molar-refractivity contribution in [1.29, 1.82) is 0 Å². The van der Waals surface area contributed by atoms with Crippen LogP contribution in [0.1, 0.15) is 5.69 Å². The van der Waals surface area contributed by atoms with E-state index >= 15 is 0 Å². The largest absolute Gasteiger partial charge is 0.433 e. The number of fused-ring (bicyclic) bond motifs is 1. The number of pyridine rings is 1. The Morgan fingerprint density at radius 3 is 2.65 bits per heavy atom. The average molecular weight is 355 g/mol. The summed E-state index contributed by atoms with van der Waals surface area (Å²) in [5, 5.41) is 3.86. The summed E-state index contributed by atoms with van der Waals surface area (Å²) < 4.78 is 39.7. The van der Waals surface area contributed by atoms with Crippen LogP contribution in [-0.4, -0.2) is 19.9 Å². The van der Waals surface area contributed by atoms with E-state index in [9.17, 15) is 13.2 Å². The first kappa shape index (κ1) is 16.1. The summed E-state index contributed by atoms with van der Waals surface area (Å²) in [5.41, 5.74) is 0.950. The van der Waals surface area contributed by atoms with E-state index in [2.05, 4.69) is 25.3 Å². The first-order chi connectivity index (χ1) is 12.5. The van der Waals surface area contributed by atoms with Gasteiger partial charge in [-0.15, -0.1) is 0 Å². The lowest BCUT2D eigenvalue weighted by Crippen LogP contribution is -2.11. The highest BCUT2D eigenvalue weighted by Crippen LogP contribution is 2.31. The summed E-state index contributed by atoms with van der Waals surface area (Å²) in [6.07, 6.45) is 0.163. The second kappa shape index (κ2) is 6.14. The number of benzene rings is 1. The second-order valence-electron chi connectivity index (χ2n) is 5.61. The number of hydrogen-bond acceptors (Lipinski definition) is 4. The fourth-order valence-electron chi connectivity index (χ4n) is 2.56. The molecule has 4 aromatic rings. The van der Waals surface area contributed by atoms with Crippen LogP contribution in [0.5, 0.6) is 0 Å². The molecule has 0 aliphatic rings. The zero-order valence-corrected chi connectivity index (χ0v) is 13.2. The minimum absolute atomic E-state index is 0.0434. The summed E-state index contributed by atoms with van der Waals surface area (Å²) in [4.78, 5) is 14.8. The molecule has 0 aliphatic heterocycles. The number of rotatable bonds is 3. The van der Waals surface area contributed by atoms with Crippen LogP contribution in [0.2, 0.25) is 0 Å². The van der Waals surface area contributed by atoms with Gasteiger partial charge in [-0.25, -0.2) is 9.97 Å². The molecule has 3 aromatic heterocycles. The molecule has 0 unspecified atom stereocenters. The van der Waals surface area contributed by atoms with Gasteiger partial charge in [0.15, 0.2) is 11.5 Å². The predicted octanol–water partition coefficient (Wildman–Crippen LogP) is 4.78. The van der Waals surface area contributed by atoms with Crippen molar-refractivity contribution < 1.29 is 13.2 Å². The van der Waals surface area contributed by atoms with Crippen molar-refractivity contribution in [3.63, 3.8) is 0 Å². The Labute approximate surface area is 146 Å². The second-order valence-corrected chi connectivity index (χ2v) is 5.61. The van der Waals surface area contributed by atoms with Crippen molar-refractivity contribution in [2.45, 2.75) is 6.18 Å². The minimum atomic E-state index is -4.58. The van der Waals surface area contributed by atoms with Gasteiger partial charge in [0.25, 0.3) is 0 Å². The molecule has 0 fully saturated rings. The summed E-state index contributed by atoms with van der Waals surface area (Å²) in [5.74, 6) is 0.0132. The van der Waals surface area contributed by atoms with E-state index in [0.717, 1.165) is 17.0 Å². The molecular weight excluding hydrogens is 343 g/mol. The molecule has 4 rings (SSSR count). The normalized spacial score (nSPS) is 11.7. The van der Waals surface area contributed by atoms with Crippen LogP contribution < -0.4 is 5.32 Å². The standard InChI is InChI=1S/C18H12F3N5/c19-18(20,21)15-9-16(26-17(25-15)12-2-1-6-22-10-12)24-13-3-4-14-11(8-13)5-7-23-14/h1-10,23H,(H,24,25,26). The number of halogens is 3. The Morgan fingerprint density at radius 2 is 1.88 bits per heavy atom. The zero-order valence-electron chi connectivity index (χ0n) is 13.2. The molecule has 0 bridgehead atoms. The first-order valence-corrected chi connectivity index (χ1v) is 7.70. The van der Waals surface area contributed by atoms with Crippen molar-refractivity contribution in [2.75, 3.05) is 5.32 Å². The van der Waals surface area contributed by atoms with Gasteiger partial charge < -0.3 is 10.3 Å². The van der Waals surface area contributed by atoms with Gasteiger partial charge in [0.05, 0.1) is 0 Å². The molecule has 0 atom stereocenters. The van der Waals surface area contributed by atoms with Crippen LogP contribution in [0, 0.1) is 0 Å². The summed E-state index contributed by atoms with van der Waals surface area (Å²) in [6, 6.07) is 11.4. The van der Waals surface area contributed by atoms with Crippen LogP contribution in [-0.2, 0) is 6.18 Å². The maximum absolute atomic E-state index is 13.2. The van der Waals surface area contributed by atoms with Crippen molar-refractivity contribution in [2.24, 2.45) is 0 Å². The summed E-state index contributed by atoms with van der Waals surface area (Å²) >= 11 is 0. The third-order valence-electron chi connectivity index (χ3n) is 3.76. The molecule has 0 spiro atoms. The number of anilines is 2. The highest BCUT2D eigenvalue weighted by atomic mass is 19.4. The SMILES string of the molecule is FC(F)(F)c1cc(Nc2ccc3[nH]ccc3c2)nc(-c2cccnc2)n1. The van der Waals surface area contributed by atoms with E-state index in [1.165, 1.54) is 12.4 Å². The van der Waals surface area contributed by atoms with Crippen LogP contribution in [0.15, 0.2) is 61.1 Å². The Bertz CT molecular complexity index is 1060. The van der Waals surface area contributed by atoms with E-state index in [1.54, 1.807) is 24.4 Å². The Morgan fingerprint density at radius 1 is 1.00 bits per heavy atom. The fraction of sp³-hybridized carbons (Fsp3) is 0.0556. The van der Waals surface area contributed by atoms with Gasteiger partial charge in [0.2, 0.25) is 0 Å². The Balaban J connectivity index is 1.76. The summed E-state index contributed by atoms with van der Waals surface area (Å²) in [6.45, 7) is 0. The van der Waals surface area contributed by atoms with E-state index < -0.39 is 11.9 Å². The van der Waals surface area contributed by atoms with E-state index in [1.807, 2.05) is 18.2 Å². The topological polar surface area (TPSA) is 66.5 Å². The van der Waals surface area contributed by atoms with Gasteiger partial charge in [-0.3, -0.25) is 4.98 Å². The lowest BCUT2D eigenvalue weighted by atomic mass is 10.2. The molecular formula is C18H12F3N5. The van der Waals surface area contributed by atoms with Crippen molar-refractivity contribution in [1.82, 2.24) is 19.9 Å². The molecule has 3 heterocycles. The fourth-order valence-corrected chi connectivity index (χ4v) is 2.56. The molecule has 0 aliphatic carbocycles. The van der Waals surface area contributed by atoms with Gasteiger partial charge >= 0.3 is 6.18 Å². The van der Waals surface area contributed by atoms with Crippen molar-refractivity contribution in [3.8, 4) is 11.4 Å². The number of nitrogens with one attached hydrogen (secondary N) is 2. The third kappa shape index (κ3) is 3.21. The lowest BCUT2D eigenvalue weighted by Gasteiger charge is -2.12. The zero-order chi connectivity index (χ0) is 18.1. The molecule has 26 heavy (non-hydrogen) atoms. The van der Waals surface area contributed by atoms with E-state index in [4.69, 9.17) is 0 Å². The molecule has 2 N–H and O–H groups in total. The molecule has 1 aromatic carbocycles. The lowest BCUT2D eigenvalue weighted by molar-refractivity contribution is -0.141. The van der Waals surface area contributed by atoms with Gasteiger partial charge in [-0.1, -0.05) is 0 Å². The smallest absolute Gasteiger partial charge is 0.361 e. The number of aromatic amines is 1. The van der Waals surface area contributed by atoms with Crippen molar-refractivity contribution >= 4 is 22.4 Å². The highest BCUT2D eigenvalue weighted by molar-refractivity contribution is 5.83. The van der Waals surface area contributed by atoms with Gasteiger partial charge in [0, 0.05) is 46.8 Å². The number of H-pyrrole nitrogens is 1. The highest BCUT2D eigenvalue weighted by Gasteiger charge is 2.33. The molecule has 8 heteroatoms. The van der Waals surface area contributed by atoms with Gasteiger partial charge in [-0.05, 0) is 36.4 Å². The number of hydrogen-bond donors (Lipinski definition) is 2. The Hall–Kier alpha value is -3.42. The minimum Gasteiger partial charge on any atom is -0.361 e. The molecule has 0 radical (unpaired) electrons. The van der Waals surface area contributed by atoms with Crippen molar-refractivity contribution in [3.05, 3.63) is 66.7 Å². The number of aromatic nitrogens is 4. The van der Waals surface area contributed by atoms with Crippen LogP contribution >= 0.6 is 0 Å². The quantitative estimate of drug-likeness (QED) is 0.555. The average Bonchev–Trinajstić information content (AvgIpc) is 3.09. The molecule has 0 saturated heterocycles. The third-order valence-corrected chi connectivity index (χ3v) is 3.76. The molecule has 0 amide bonds. The predicted molar refractivity (Wildman–Crippen MR) is 91.8 cm³/mol.